The summed E-state index contributed by atoms with van der Waals surface area (Å²) < 4.78 is 22.8. The van der Waals surface area contributed by atoms with Crippen LogP contribution in [0.3, 0.4) is 0 Å². The molecule has 9 heteroatoms. The summed E-state index contributed by atoms with van der Waals surface area (Å²) in [5.74, 6) is 1.02. The number of nitrogens with zero attached hydrogens (tertiary/aromatic N) is 1. The van der Waals surface area contributed by atoms with Gasteiger partial charge in [-0.25, -0.2) is 14.6 Å². The molecule has 0 aliphatic carbocycles. The van der Waals surface area contributed by atoms with Crippen LogP contribution >= 0.6 is 0 Å². The normalized spacial score (nSPS) is 11.6. The van der Waals surface area contributed by atoms with Crippen LogP contribution in [0.25, 0.3) is 11.5 Å². The van der Waals surface area contributed by atoms with Gasteiger partial charge in [0.2, 0.25) is 5.89 Å². The number of carboxylic acid groups (broad SMARTS) is 1. The maximum atomic E-state index is 12.2. The van der Waals surface area contributed by atoms with Gasteiger partial charge in [0.1, 0.15) is 22.9 Å². The number of alkyl carbamates (subject to hydrolysis) is 1. The number of aromatic nitrogens is 1. The molecule has 0 fully saturated rings. The number of nitrogens with one attached hydrogen (secondary N) is 1. The lowest BCUT2D eigenvalue weighted by Gasteiger charge is -2.24. The highest BCUT2D eigenvalue weighted by Crippen LogP contribution is 2.28. The predicted octanol–water partition coefficient (Wildman–Crippen LogP) is 5.54. The largest absolute Gasteiger partial charge is 0.493 e. The van der Waals surface area contributed by atoms with Gasteiger partial charge in [0.25, 0.3) is 0 Å². The van der Waals surface area contributed by atoms with Crippen molar-refractivity contribution in [1.82, 2.24) is 10.3 Å². The van der Waals surface area contributed by atoms with Crippen molar-refractivity contribution >= 4 is 12.1 Å². The molecular formula is C28H34N2O7. The first kappa shape index (κ1) is 27.6. The monoisotopic (exact) mass is 510 g/mol. The van der Waals surface area contributed by atoms with E-state index >= 15 is 0 Å². The number of hydrogen-bond donors (Lipinski definition) is 2. The van der Waals surface area contributed by atoms with Crippen molar-refractivity contribution in [2.45, 2.75) is 65.7 Å². The SMILES string of the molecule is Cc1oc(-c2ccccc2)nc1CCOc1ccc(OC(C)(C)C(=O)O)c(CNC(=O)OC(C)(C)C)c1. The molecule has 198 valence electrons. The van der Waals surface area contributed by atoms with Crippen molar-refractivity contribution in [3.05, 3.63) is 65.5 Å². The zero-order valence-corrected chi connectivity index (χ0v) is 22.1. The lowest BCUT2D eigenvalue weighted by molar-refractivity contribution is -0.152. The predicted molar refractivity (Wildman–Crippen MR) is 138 cm³/mol. The summed E-state index contributed by atoms with van der Waals surface area (Å²) in [6.07, 6.45) is -0.0733. The first-order chi connectivity index (χ1) is 17.3. The number of carbonyl (C=O) groups excluding carboxylic acids is 1. The number of ether oxygens (including phenoxy) is 3. The Labute approximate surface area is 216 Å². The molecule has 0 bridgehead atoms. The number of aryl methyl sites for hydroxylation is 1. The molecule has 1 aromatic heterocycles. The number of carboxylic acids is 1. The summed E-state index contributed by atoms with van der Waals surface area (Å²) in [5.41, 5.74) is 0.124. The Balaban J connectivity index is 1.71. The van der Waals surface area contributed by atoms with E-state index in [1.807, 2.05) is 37.3 Å². The van der Waals surface area contributed by atoms with Crippen LogP contribution in [-0.4, -0.2) is 40.0 Å². The Morgan fingerprint density at radius 2 is 1.76 bits per heavy atom. The second-order valence-electron chi connectivity index (χ2n) is 10.0. The van der Waals surface area contributed by atoms with Crippen molar-refractivity contribution in [1.29, 1.82) is 0 Å². The van der Waals surface area contributed by atoms with Crippen LogP contribution in [0.1, 0.15) is 51.6 Å². The average Bonchev–Trinajstić information content (AvgIpc) is 3.18. The summed E-state index contributed by atoms with van der Waals surface area (Å²) >= 11 is 0. The van der Waals surface area contributed by atoms with Gasteiger partial charge in [-0.05, 0) is 71.9 Å². The topological polar surface area (TPSA) is 120 Å². The summed E-state index contributed by atoms with van der Waals surface area (Å²) in [6, 6.07) is 14.7. The minimum atomic E-state index is -1.47. The van der Waals surface area contributed by atoms with Gasteiger partial charge in [0.15, 0.2) is 5.60 Å². The molecule has 0 atom stereocenters. The van der Waals surface area contributed by atoms with Gasteiger partial charge in [-0.2, -0.15) is 0 Å². The fraction of sp³-hybridized carbons (Fsp3) is 0.393. The van der Waals surface area contributed by atoms with Gasteiger partial charge in [0, 0.05) is 24.1 Å². The Hall–Kier alpha value is -4.01. The highest BCUT2D eigenvalue weighted by molar-refractivity contribution is 5.77. The molecule has 0 spiro atoms. The second-order valence-corrected chi connectivity index (χ2v) is 10.0. The minimum absolute atomic E-state index is 0.0555. The highest BCUT2D eigenvalue weighted by Gasteiger charge is 2.30. The second kappa shape index (κ2) is 11.4. The molecule has 0 saturated heterocycles. The zero-order valence-electron chi connectivity index (χ0n) is 22.1. The first-order valence-electron chi connectivity index (χ1n) is 12.0. The summed E-state index contributed by atoms with van der Waals surface area (Å²) in [6.45, 7) is 10.5. The van der Waals surface area contributed by atoms with Crippen molar-refractivity contribution in [3.63, 3.8) is 0 Å². The number of oxazole rings is 1. The lowest BCUT2D eigenvalue weighted by atomic mass is 10.1. The van der Waals surface area contributed by atoms with Crippen molar-refractivity contribution in [2.24, 2.45) is 0 Å². The minimum Gasteiger partial charge on any atom is -0.493 e. The van der Waals surface area contributed by atoms with Gasteiger partial charge in [0.05, 0.1) is 12.3 Å². The number of aliphatic carboxylic acids is 1. The molecule has 1 amide bonds. The van der Waals surface area contributed by atoms with Crippen LogP contribution in [0.15, 0.2) is 52.9 Å². The molecule has 2 aromatic carbocycles. The van der Waals surface area contributed by atoms with Crippen LogP contribution in [0.2, 0.25) is 0 Å². The van der Waals surface area contributed by atoms with E-state index in [4.69, 9.17) is 18.6 Å². The van der Waals surface area contributed by atoms with E-state index in [-0.39, 0.29) is 6.54 Å². The molecule has 9 nitrogen and oxygen atoms in total. The number of hydrogen-bond acceptors (Lipinski definition) is 7. The van der Waals surface area contributed by atoms with E-state index in [0.717, 1.165) is 17.0 Å². The van der Waals surface area contributed by atoms with Gasteiger partial charge >= 0.3 is 12.1 Å². The van der Waals surface area contributed by atoms with E-state index in [1.165, 1.54) is 13.8 Å². The summed E-state index contributed by atoms with van der Waals surface area (Å²) in [4.78, 5) is 28.3. The Bertz CT molecular complexity index is 1230. The fourth-order valence-electron chi connectivity index (χ4n) is 3.31. The van der Waals surface area contributed by atoms with Crippen LogP contribution in [0, 0.1) is 6.92 Å². The van der Waals surface area contributed by atoms with Gasteiger partial charge in [-0.15, -0.1) is 0 Å². The molecule has 0 saturated carbocycles. The van der Waals surface area contributed by atoms with Crippen LogP contribution < -0.4 is 14.8 Å². The standard InChI is InChI=1S/C28H34N2O7/c1-18-22(30-24(35-18)19-10-8-7-9-11-19)14-15-34-21-12-13-23(36-28(5,6)25(31)32)20(16-21)17-29-26(33)37-27(2,3)4/h7-13,16H,14-15,17H2,1-6H3,(H,29,33)(H,31,32). The van der Waals surface area contributed by atoms with E-state index in [9.17, 15) is 14.7 Å². The fourth-order valence-corrected chi connectivity index (χ4v) is 3.31. The van der Waals surface area contributed by atoms with Crippen LogP contribution in [0.4, 0.5) is 4.79 Å². The van der Waals surface area contributed by atoms with Gasteiger partial charge in [-0.3, -0.25) is 0 Å². The first-order valence-corrected chi connectivity index (χ1v) is 12.0. The molecule has 2 N–H and O–H groups in total. The van der Waals surface area contributed by atoms with E-state index in [0.29, 0.717) is 36.0 Å². The average molecular weight is 511 g/mol. The van der Waals surface area contributed by atoms with Crippen molar-refractivity contribution in [2.75, 3.05) is 6.61 Å². The Morgan fingerprint density at radius 1 is 1.05 bits per heavy atom. The molecule has 0 unspecified atom stereocenters. The third-order valence-corrected chi connectivity index (χ3v) is 5.26. The van der Waals surface area contributed by atoms with Crippen LogP contribution in [-0.2, 0) is 22.5 Å². The number of carbonyl (C=O) groups is 2. The maximum absolute atomic E-state index is 12.2. The van der Waals surface area contributed by atoms with E-state index in [1.54, 1.807) is 39.0 Å². The molecule has 3 rings (SSSR count). The maximum Gasteiger partial charge on any atom is 0.407 e. The third kappa shape index (κ3) is 7.99. The Kier molecular flexibility index (Phi) is 8.47. The molecule has 37 heavy (non-hydrogen) atoms. The summed E-state index contributed by atoms with van der Waals surface area (Å²) in [5, 5.41) is 12.1. The van der Waals surface area contributed by atoms with Gasteiger partial charge in [-0.1, -0.05) is 18.2 Å². The molecule has 1 heterocycles. The molecule has 3 aromatic rings. The lowest BCUT2D eigenvalue weighted by Crippen LogP contribution is -2.38. The van der Waals surface area contributed by atoms with Crippen molar-refractivity contribution < 1.29 is 33.3 Å². The smallest absolute Gasteiger partial charge is 0.407 e. The van der Waals surface area contributed by atoms with Gasteiger partial charge < -0.3 is 29.1 Å². The zero-order chi connectivity index (χ0) is 27.2. The Morgan fingerprint density at radius 3 is 2.41 bits per heavy atom. The number of benzene rings is 2. The van der Waals surface area contributed by atoms with E-state index < -0.39 is 23.3 Å². The number of rotatable bonds is 10. The third-order valence-electron chi connectivity index (χ3n) is 5.26. The highest BCUT2D eigenvalue weighted by atomic mass is 16.6. The quantitative estimate of drug-likeness (QED) is 0.365. The van der Waals surface area contributed by atoms with Crippen molar-refractivity contribution in [3.8, 4) is 23.0 Å². The molecule has 0 aliphatic heterocycles. The summed E-state index contributed by atoms with van der Waals surface area (Å²) in [7, 11) is 0. The van der Waals surface area contributed by atoms with Crippen LogP contribution in [0.5, 0.6) is 11.5 Å². The molecule has 0 radical (unpaired) electrons. The number of amides is 1. The molecular weight excluding hydrogens is 476 g/mol. The molecule has 0 aliphatic rings. The van der Waals surface area contributed by atoms with E-state index in [2.05, 4.69) is 10.3 Å².